The third-order valence-electron chi connectivity index (χ3n) is 3.04. The molecule has 1 heterocycles. The molecule has 1 unspecified atom stereocenters. The summed E-state index contributed by atoms with van der Waals surface area (Å²) in [5.74, 6) is -4.45. The van der Waals surface area contributed by atoms with Gasteiger partial charge in [-0.3, -0.25) is 14.5 Å². The highest BCUT2D eigenvalue weighted by Crippen LogP contribution is 2.24. The molecule has 1 aliphatic heterocycles. The normalized spacial score (nSPS) is 19.1. The van der Waals surface area contributed by atoms with E-state index in [9.17, 15) is 22.8 Å². The Morgan fingerprint density at radius 2 is 1.75 bits per heavy atom. The third kappa shape index (κ3) is 2.48. The average molecular weight is 286 g/mol. The van der Waals surface area contributed by atoms with Crippen molar-refractivity contribution in [3.63, 3.8) is 0 Å². The number of carbonyl (C=O) groups excluding carboxylic acids is 2. The molecule has 7 heteroatoms. The van der Waals surface area contributed by atoms with Crippen LogP contribution in [-0.4, -0.2) is 28.8 Å². The van der Waals surface area contributed by atoms with Crippen LogP contribution in [0.25, 0.3) is 0 Å². The van der Waals surface area contributed by atoms with Crippen molar-refractivity contribution in [2.45, 2.75) is 32.4 Å². The van der Waals surface area contributed by atoms with Gasteiger partial charge in [0.25, 0.3) is 5.91 Å². The molecule has 1 N–H and O–H groups in total. The summed E-state index contributed by atoms with van der Waals surface area (Å²) < 4.78 is 39.4. The van der Waals surface area contributed by atoms with Gasteiger partial charge in [-0.2, -0.15) is 0 Å². The van der Waals surface area contributed by atoms with Crippen LogP contribution >= 0.6 is 0 Å². The van der Waals surface area contributed by atoms with Gasteiger partial charge in [-0.25, -0.2) is 13.2 Å². The van der Waals surface area contributed by atoms with E-state index in [0.29, 0.717) is 12.1 Å². The molecule has 1 aromatic rings. The van der Waals surface area contributed by atoms with Crippen LogP contribution in [0.3, 0.4) is 0 Å². The standard InChI is InChI=1S/C13H13F3N2O2/c1-6(2)18-12(19)5-11(13(18)20)17-10-4-8(15)7(14)3-9(10)16/h3-4,6,11,17H,5H2,1-2H3. The Morgan fingerprint density at radius 1 is 1.15 bits per heavy atom. The zero-order valence-electron chi connectivity index (χ0n) is 10.9. The highest BCUT2D eigenvalue weighted by atomic mass is 19.2. The van der Waals surface area contributed by atoms with Gasteiger partial charge in [0.05, 0.1) is 12.1 Å². The van der Waals surface area contributed by atoms with Crippen molar-refractivity contribution in [3.8, 4) is 0 Å². The van der Waals surface area contributed by atoms with Gasteiger partial charge in [-0.05, 0) is 13.8 Å². The number of amides is 2. The van der Waals surface area contributed by atoms with Gasteiger partial charge >= 0.3 is 0 Å². The fraction of sp³-hybridized carbons (Fsp3) is 0.385. The van der Waals surface area contributed by atoms with E-state index < -0.39 is 29.4 Å². The lowest BCUT2D eigenvalue weighted by Gasteiger charge is -2.19. The van der Waals surface area contributed by atoms with Crippen molar-refractivity contribution >= 4 is 17.5 Å². The largest absolute Gasteiger partial charge is 0.371 e. The molecule has 1 aromatic carbocycles. The summed E-state index contributed by atoms with van der Waals surface area (Å²) in [6.07, 6.45) is -0.143. The predicted octanol–water partition coefficient (Wildman–Crippen LogP) is 2.05. The number of imide groups is 1. The number of anilines is 1. The number of rotatable bonds is 3. The molecular weight excluding hydrogens is 273 g/mol. The van der Waals surface area contributed by atoms with Gasteiger partial charge in [0.2, 0.25) is 5.91 Å². The number of nitrogens with zero attached hydrogens (tertiary/aromatic N) is 1. The van der Waals surface area contributed by atoms with Crippen LogP contribution in [0.4, 0.5) is 18.9 Å². The van der Waals surface area contributed by atoms with Gasteiger partial charge in [0.1, 0.15) is 11.9 Å². The van der Waals surface area contributed by atoms with E-state index in [2.05, 4.69) is 5.32 Å². The van der Waals surface area contributed by atoms with Crippen LogP contribution in [0.1, 0.15) is 20.3 Å². The average Bonchev–Trinajstić information content (AvgIpc) is 2.61. The Bertz CT molecular complexity index is 575. The van der Waals surface area contributed by atoms with Crippen LogP contribution < -0.4 is 5.32 Å². The maximum absolute atomic E-state index is 13.5. The fourth-order valence-electron chi connectivity index (χ4n) is 2.13. The van der Waals surface area contributed by atoms with Gasteiger partial charge in [0.15, 0.2) is 11.6 Å². The molecule has 4 nitrogen and oxygen atoms in total. The second kappa shape index (κ2) is 5.15. The van der Waals surface area contributed by atoms with Crippen LogP contribution in [0.5, 0.6) is 0 Å². The van der Waals surface area contributed by atoms with E-state index in [1.807, 2.05) is 0 Å². The Labute approximate surface area is 113 Å². The third-order valence-corrected chi connectivity index (χ3v) is 3.04. The predicted molar refractivity (Wildman–Crippen MR) is 65.3 cm³/mol. The second-order valence-corrected chi connectivity index (χ2v) is 4.84. The topological polar surface area (TPSA) is 49.4 Å². The number of carbonyl (C=O) groups is 2. The molecule has 1 saturated heterocycles. The molecular formula is C13H13F3N2O2. The first-order valence-electron chi connectivity index (χ1n) is 6.08. The Kier molecular flexibility index (Phi) is 3.69. The van der Waals surface area contributed by atoms with E-state index in [0.717, 1.165) is 4.90 Å². The van der Waals surface area contributed by atoms with E-state index in [1.165, 1.54) is 0 Å². The van der Waals surface area contributed by atoms with Crippen molar-refractivity contribution in [3.05, 3.63) is 29.6 Å². The van der Waals surface area contributed by atoms with Crippen LogP contribution in [-0.2, 0) is 9.59 Å². The number of benzene rings is 1. The van der Waals surface area contributed by atoms with Crippen LogP contribution in [0, 0.1) is 17.5 Å². The molecule has 0 saturated carbocycles. The molecule has 0 aliphatic carbocycles. The smallest absolute Gasteiger partial charge is 0.252 e. The molecule has 0 bridgehead atoms. The SMILES string of the molecule is CC(C)N1C(=O)CC(Nc2cc(F)c(F)cc2F)C1=O. The van der Waals surface area contributed by atoms with Crippen LogP contribution in [0.2, 0.25) is 0 Å². The molecule has 0 aromatic heterocycles. The van der Waals surface area contributed by atoms with Crippen molar-refractivity contribution in [2.24, 2.45) is 0 Å². The lowest BCUT2D eigenvalue weighted by atomic mass is 10.2. The van der Waals surface area contributed by atoms with Crippen molar-refractivity contribution in [2.75, 3.05) is 5.32 Å². The first-order chi connectivity index (χ1) is 9.31. The number of nitrogens with one attached hydrogen (secondary N) is 1. The lowest BCUT2D eigenvalue weighted by Crippen LogP contribution is -2.39. The highest BCUT2D eigenvalue weighted by Gasteiger charge is 2.40. The van der Waals surface area contributed by atoms with Crippen molar-refractivity contribution in [1.82, 2.24) is 4.90 Å². The summed E-state index contributed by atoms with van der Waals surface area (Å²) in [6.45, 7) is 3.35. The Morgan fingerprint density at radius 3 is 2.30 bits per heavy atom. The summed E-state index contributed by atoms with van der Waals surface area (Å²) in [6, 6.07) is -0.264. The molecule has 1 fully saturated rings. The molecule has 2 amide bonds. The first kappa shape index (κ1) is 14.4. The Hall–Kier alpha value is -2.05. The molecule has 2 rings (SSSR count). The minimum Gasteiger partial charge on any atom is -0.371 e. The van der Waals surface area contributed by atoms with E-state index >= 15 is 0 Å². The second-order valence-electron chi connectivity index (χ2n) is 4.84. The first-order valence-corrected chi connectivity index (χ1v) is 6.08. The summed E-state index contributed by atoms with van der Waals surface area (Å²) in [5, 5.41) is 2.45. The van der Waals surface area contributed by atoms with Gasteiger partial charge < -0.3 is 5.32 Å². The molecule has 1 atom stereocenters. The lowest BCUT2D eigenvalue weighted by molar-refractivity contribution is -0.140. The van der Waals surface area contributed by atoms with Gasteiger partial charge in [0, 0.05) is 18.2 Å². The Balaban J connectivity index is 2.22. The van der Waals surface area contributed by atoms with Gasteiger partial charge in [-0.15, -0.1) is 0 Å². The quantitative estimate of drug-likeness (QED) is 0.683. The maximum atomic E-state index is 13.5. The minimum absolute atomic E-state index is 0.143. The van der Waals surface area contributed by atoms with Gasteiger partial charge in [-0.1, -0.05) is 0 Å². The maximum Gasteiger partial charge on any atom is 0.252 e. The monoisotopic (exact) mass is 286 g/mol. The number of halogens is 3. The number of hydrogen-bond donors (Lipinski definition) is 1. The van der Waals surface area contributed by atoms with Crippen LogP contribution in [0.15, 0.2) is 12.1 Å². The summed E-state index contributed by atoms with van der Waals surface area (Å²) in [5.41, 5.74) is -0.347. The summed E-state index contributed by atoms with van der Waals surface area (Å²) in [7, 11) is 0. The number of hydrogen-bond acceptors (Lipinski definition) is 3. The fourth-order valence-corrected chi connectivity index (χ4v) is 2.13. The molecule has 0 radical (unpaired) electrons. The molecule has 1 aliphatic rings. The summed E-state index contributed by atoms with van der Waals surface area (Å²) >= 11 is 0. The van der Waals surface area contributed by atoms with Crippen molar-refractivity contribution in [1.29, 1.82) is 0 Å². The highest BCUT2D eigenvalue weighted by molar-refractivity contribution is 6.07. The molecule has 20 heavy (non-hydrogen) atoms. The minimum atomic E-state index is -1.31. The number of likely N-dealkylation sites (tertiary alicyclic amines) is 1. The van der Waals surface area contributed by atoms with Crippen molar-refractivity contribution < 1.29 is 22.8 Å². The van der Waals surface area contributed by atoms with E-state index in [-0.39, 0.29) is 24.1 Å². The zero-order chi connectivity index (χ0) is 15.0. The summed E-state index contributed by atoms with van der Waals surface area (Å²) in [4.78, 5) is 24.7. The van der Waals surface area contributed by atoms with E-state index in [1.54, 1.807) is 13.8 Å². The zero-order valence-corrected chi connectivity index (χ0v) is 10.9. The van der Waals surface area contributed by atoms with E-state index in [4.69, 9.17) is 0 Å². The molecule has 0 spiro atoms. The molecule has 108 valence electrons.